The minimum Gasteiger partial charge on any atom is -0.394 e. The molecule has 0 amide bonds. The van der Waals surface area contributed by atoms with Gasteiger partial charge in [-0.25, -0.2) is 0 Å². The van der Waals surface area contributed by atoms with Crippen LogP contribution >= 0.6 is 0 Å². The fourth-order valence-corrected chi connectivity index (χ4v) is 0.943. The summed E-state index contributed by atoms with van der Waals surface area (Å²) >= 11 is 0. The van der Waals surface area contributed by atoms with E-state index in [0.29, 0.717) is 6.42 Å². The van der Waals surface area contributed by atoms with Crippen LogP contribution in [0.1, 0.15) is 6.42 Å². The summed E-state index contributed by atoms with van der Waals surface area (Å²) in [5.41, 5.74) is 0. The average Bonchev–Trinajstić information content (AvgIpc) is 1.95. The first kappa shape index (κ1) is 7.65. The van der Waals surface area contributed by atoms with Crippen LogP contribution in [0.2, 0.25) is 0 Å². The lowest BCUT2D eigenvalue weighted by Crippen LogP contribution is -2.41. The number of aliphatic hydroxyl groups is 3. The minimum absolute atomic E-state index is 0.214. The van der Waals surface area contributed by atoms with E-state index in [0.717, 1.165) is 0 Å². The van der Waals surface area contributed by atoms with Gasteiger partial charge in [0.15, 0.2) is 0 Å². The molecular formula is C6H11NO3. The first-order valence-electron chi connectivity index (χ1n) is 3.24. The molecule has 1 heterocycles. The molecule has 0 aromatic heterocycles. The molecule has 4 heteroatoms. The molecule has 3 atom stereocenters. The van der Waals surface area contributed by atoms with E-state index in [1.807, 2.05) is 0 Å². The molecule has 4 nitrogen and oxygen atoms in total. The predicted molar refractivity (Wildman–Crippen MR) is 36.0 cm³/mol. The number of hydrogen-bond donors (Lipinski definition) is 3. The summed E-state index contributed by atoms with van der Waals surface area (Å²) < 4.78 is 0. The molecule has 0 fully saturated rings. The molecule has 0 saturated carbocycles. The zero-order chi connectivity index (χ0) is 7.56. The molecule has 0 saturated heterocycles. The fourth-order valence-electron chi connectivity index (χ4n) is 0.943. The summed E-state index contributed by atoms with van der Waals surface area (Å²) in [6.07, 6.45) is 0.222. The summed E-state index contributed by atoms with van der Waals surface area (Å²) in [5, 5.41) is 26.7. The van der Waals surface area contributed by atoms with Gasteiger partial charge in [-0.05, 0) is 0 Å². The van der Waals surface area contributed by atoms with Gasteiger partial charge < -0.3 is 15.3 Å². The highest BCUT2D eigenvalue weighted by molar-refractivity contribution is 5.59. The summed E-state index contributed by atoms with van der Waals surface area (Å²) in [4.78, 5) is 3.79. The van der Waals surface area contributed by atoms with Crippen molar-refractivity contribution in [2.75, 3.05) is 6.61 Å². The second-order valence-electron chi connectivity index (χ2n) is 2.38. The van der Waals surface area contributed by atoms with Crippen molar-refractivity contribution in [2.45, 2.75) is 24.7 Å². The van der Waals surface area contributed by atoms with Crippen LogP contribution in [0, 0.1) is 0 Å². The maximum atomic E-state index is 9.11. The zero-order valence-corrected chi connectivity index (χ0v) is 5.51. The van der Waals surface area contributed by atoms with Crippen molar-refractivity contribution >= 4 is 6.21 Å². The first-order chi connectivity index (χ1) is 4.75. The number of nitrogens with zero attached hydrogens (tertiary/aromatic N) is 1. The van der Waals surface area contributed by atoms with E-state index in [1.165, 1.54) is 6.21 Å². The Morgan fingerprint density at radius 3 is 2.70 bits per heavy atom. The number of aliphatic imine (C=N–C) groups is 1. The standard InChI is InChI=1S/C6H11NO3/c8-3-4-6(10)5(9)1-2-7-4/h2,4-6,8-10H,1,3H2/t4-,5?,6?/m0/s1. The molecular weight excluding hydrogens is 134 g/mol. The average molecular weight is 145 g/mol. The summed E-state index contributed by atoms with van der Waals surface area (Å²) in [6, 6.07) is -0.538. The molecule has 0 bridgehead atoms. The number of aliphatic hydroxyl groups excluding tert-OH is 3. The van der Waals surface area contributed by atoms with Crippen LogP contribution in [-0.2, 0) is 0 Å². The van der Waals surface area contributed by atoms with Crippen LogP contribution in [0.5, 0.6) is 0 Å². The SMILES string of the molecule is OC[C@@H]1N=CCC(O)C1O. The molecule has 1 rings (SSSR count). The van der Waals surface area contributed by atoms with Gasteiger partial charge in [0.1, 0.15) is 12.1 Å². The quantitative estimate of drug-likeness (QED) is 0.422. The lowest BCUT2D eigenvalue weighted by Gasteiger charge is -2.24. The molecule has 0 spiro atoms. The van der Waals surface area contributed by atoms with Crippen LogP contribution in [0.3, 0.4) is 0 Å². The van der Waals surface area contributed by atoms with Crippen molar-refractivity contribution in [3.05, 3.63) is 0 Å². The maximum Gasteiger partial charge on any atom is 0.105 e. The molecule has 0 radical (unpaired) electrons. The Morgan fingerprint density at radius 2 is 2.20 bits per heavy atom. The molecule has 58 valence electrons. The molecule has 10 heavy (non-hydrogen) atoms. The molecule has 2 unspecified atom stereocenters. The number of hydrogen-bond acceptors (Lipinski definition) is 4. The zero-order valence-electron chi connectivity index (χ0n) is 5.51. The van der Waals surface area contributed by atoms with Crippen molar-refractivity contribution in [3.63, 3.8) is 0 Å². The Hall–Kier alpha value is -0.450. The van der Waals surface area contributed by atoms with Gasteiger partial charge in [0.2, 0.25) is 0 Å². The number of rotatable bonds is 1. The smallest absolute Gasteiger partial charge is 0.105 e. The van der Waals surface area contributed by atoms with Crippen molar-refractivity contribution in [1.29, 1.82) is 0 Å². The third-order valence-electron chi connectivity index (χ3n) is 1.62. The highest BCUT2D eigenvalue weighted by atomic mass is 16.3. The largest absolute Gasteiger partial charge is 0.394 e. The molecule has 3 N–H and O–H groups in total. The van der Waals surface area contributed by atoms with E-state index in [2.05, 4.69) is 4.99 Å². The lowest BCUT2D eigenvalue weighted by atomic mass is 10.0. The van der Waals surface area contributed by atoms with Gasteiger partial charge >= 0.3 is 0 Å². The summed E-state index contributed by atoms with van der Waals surface area (Å²) in [6.45, 7) is -0.214. The topological polar surface area (TPSA) is 73.1 Å². The normalized spacial score (nSPS) is 40.1. The van der Waals surface area contributed by atoms with Crippen molar-refractivity contribution in [2.24, 2.45) is 4.99 Å². The van der Waals surface area contributed by atoms with Gasteiger partial charge in [0.25, 0.3) is 0 Å². The van der Waals surface area contributed by atoms with E-state index in [9.17, 15) is 0 Å². The third-order valence-corrected chi connectivity index (χ3v) is 1.62. The van der Waals surface area contributed by atoms with Crippen molar-refractivity contribution in [1.82, 2.24) is 0 Å². The summed E-state index contributed by atoms with van der Waals surface area (Å²) in [7, 11) is 0. The molecule has 1 aliphatic heterocycles. The summed E-state index contributed by atoms with van der Waals surface area (Å²) in [5.74, 6) is 0. The first-order valence-corrected chi connectivity index (χ1v) is 3.24. The van der Waals surface area contributed by atoms with Gasteiger partial charge in [-0.2, -0.15) is 0 Å². The predicted octanol–water partition coefficient (Wildman–Crippen LogP) is -1.46. The molecule has 1 aliphatic rings. The van der Waals surface area contributed by atoms with Crippen LogP contribution in [0.15, 0.2) is 4.99 Å². The van der Waals surface area contributed by atoms with Crippen LogP contribution in [0.4, 0.5) is 0 Å². The van der Waals surface area contributed by atoms with Gasteiger partial charge in [0, 0.05) is 12.6 Å². The molecule has 0 aromatic carbocycles. The second-order valence-corrected chi connectivity index (χ2v) is 2.38. The van der Waals surface area contributed by atoms with Crippen LogP contribution in [-0.4, -0.2) is 46.4 Å². The van der Waals surface area contributed by atoms with Gasteiger partial charge in [0.05, 0.1) is 12.7 Å². The van der Waals surface area contributed by atoms with Crippen LogP contribution < -0.4 is 0 Å². The van der Waals surface area contributed by atoms with E-state index >= 15 is 0 Å². The Balaban J connectivity index is 2.57. The van der Waals surface area contributed by atoms with E-state index < -0.39 is 18.2 Å². The van der Waals surface area contributed by atoms with E-state index in [-0.39, 0.29) is 6.61 Å². The van der Waals surface area contributed by atoms with Crippen molar-refractivity contribution in [3.8, 4) is 0 Å². The highest BCUT2D eigenvalue weighted by Gasteiger charge is 2.27. The maximum absolute atomic E-state index is 9.11. The lowest BCUT2D eigenvalue weighted by molar-refractivity contribution is -0.00704. The van der Waals surface area contributed by atoms with Gasteiger partial charge in [-0.3, -0.25) is 4.99 Å². The van der Waals surface area contributed by atoms with Crippen LogP contribution in [0.25, 0.3) is 0 Å². The minimum atomic E-state index is -0.907. The monoisotopic (exact) mass is 145 g/mol. The Kier molecular flexibility index (Phi) is 2.37. The van der Waals surface area contributed by atoms with Gasteiger partial charge in [-0.15, -0.1) is 0 Å². The second kappa shape index (κ2) is 3.09. The Bertz CT molecular complexity index is 137. The van der Waals surface area contributed by atoms with Gasteiger partial charge in [-0.1, -0.05) is 0 Å². The molecule has 0 aliphatic carbocycles. The Labute approximate surface area is 58.8 Å². The molecule has 0 aromatic rings. The van der Waals surface area contributed by atoms with Crippen molar-refractivity contribution < 1.29 is 15.3 Å². The highest BCUT2D eigenvalue weighted by Crippen LogP contribution is 2.10. The van der Waals surface area contributed by atoms with E-state index in [1.54, 1.807) is 0 Å². The van der Waals surface area contributed by atoms with E-state index in [4.69, 9.17) is 15.3 Å². The Morgan fingerprint density at radius 1 is 1.50 bits per heavy atom. The fraction of sp³-hybridized carbons (Fsp3) is 0.833. The third kappa shape index (κ3) is 1.34.